The molecule has 0 saturated heterocycles. The summed E-state index contributed by atoms with van der Waals surface area (Å²) in [5.74, 6) is 1.78. The summed E-state index contributed by atoms with van der Waals surface area (Å²) in [5.41, 5.74) is 2.49. The molecule has 0 bridgehead atoms. The molecule has 2 rings (SSSR count). The molecular formula is C21H35N3O3. The molecule has 27 heavy (non-hydrogen) atoms. The summed E-state index contributed by atoms with van der Waals surface area (Å²) in [6, 6.07) is 4.17. The number of nitrogens with zero attached hydrogens (tertiary/aromatic N) is 1. The highest BCUT2D eigenvalue weighted by Gasteiger charge is 2.36. The van der Waals surface area contributed by atoms with Crippen LogP contribution in [-0.4, -0.2) is 50.8 Å². The zero-order valence-corrected chi connectivity index (χ0v) is 17.6. The number of fused-ring (bicyclic) bond motifs is 1. The maximum absolute atomic E-state index is 12.4. The predicted octanol–water partition coefficient (Wildman–Crippen LogP) is 3.36. The van der Waals surface area contributed by atoms with Crippen LogP contribution < -0.4 is 20.1 Å². The molecule has 0 saturated carbocycles. The van der Waals surface area contributed by atoms with Gasteiger partial charge in [0.25, 0.3) is 0 Å². The van der Waals surface area contributed by atoms with Gasteiger partial charge in [0, 0.05) is 13.1 Å². The van der Waals surface area contributed by atoms with E-state index in [1.807, 2.05) is 0 Å². The lowest BCUT2D eigenvalue weighted by Gasteiger charge is -2.43. The van der Waals surface area contributed by atoms with Crippen molar-refractivity contribution < 1.29 is 14.3 Å². The van der Waals surface area contributed by atoms with E-state index in [1.165, 1.54) is 11.1 Å². The number of hydrogen-bond donors (Lipinski definition) is 2. The second-order valence-corrected chi connectivity index (χ2v) is 7.40. The van der Waals surface area contributed by atoms with Gasteiger partial charge in [0.15, 0.2) is 11.5 Å². The summed E-state index contributed by atoms with van der Waals surface area (Å²) < 4.78 is 11.0. The lowest BCUT2D eigenvalue weighted by atomic mass is 9.83. The van der Waals surface area contributed by atoms with Crippen molar-refractivity contribution in [1.29, 1.82) is 0 Å². The largest absolute Gasteiger partial charge is 0.493 e. The molecule has 1 aliphatic heterocycles. The van der Waals surface area contributed by atoms with Crippen molar-refractivity contribution in [3.63, 3.8) is 0 Å². The van der Waals surface area contributed by atoms with E-state index in [-0.39, 0.29) is 24.0 Å². The van der Waals surface area contributed by atoms with Crippen LogP contribution in [0.1, 0.15) is 51.3 Å². The SMILES string of the molecule is CCCNC(=O)N[C@@H](C(C)C)[C@H]1c2cc(OC)c(OC)cc2CCN1CC. The van der Waals surface area contributed by atoms with Gasteiger partial charge in [0.05, 0.1) is 26.3 Å². The average molecular weight is 378 g/mol. The van der Waals surface area contributed by atoms with Gasteiger partial charge < -0.3 is 20.1 Å². The molecule has 1 aromatic rings. The molecule has 1 heterocycles. The van der Waals surface area contributed by atoms with E-state index in [0.29, 0.717) is 6.54 Å². The number of likely N-dealkylation sites (N-methyl/N-ethyl adjacent to an activating group) is 1. The Hall–Kier alpha value is -1.95. The summed E-state index contributed by atoms with van der Waals surface area (Å²) in [5, 5.41) is 6.17. The minimum absolute atomic E-state index is 0.000966. The second kappa shape index (κ2) is 9.83. The monoisotopic (exact) mass is 377 g/mol. The van der Waals surface area contributed by atoms with Crippen LogP contribution in [0.4, 0.5) is 4.79 Å². The van der Waals surface area contributed by atoms with Gasteiger partial charge in [-0.15, -0.1) is 0 Å². The fourth-order valence-electron chi connectivity index (χ4n) is 3.85. The maximum Gasteiger partial charge on any atom is 0.315 e. The van der Waals surface area contributed by atoms with Crippen molar-refractivity contribution in [1.82, 2.24) is 15.5 Å². The lowest BCUT2D eigenvalue weighted by Crippen LogP contribution is -2.53. The zero-order chi connectivity index (χ0) is 20.0. The van der Waals surface area contributed by atoms with Gasteiger partial charge in [0.2, 0.25) is 0 Å². The van der Waals surface area contributed by atoms with Crippen molar-refractivity contribution in [3.05, 3.63) is 23.3 Å². The fourth-order valence-corrected chi connectivity index (χ4v) is 3.85. The molecule has 1 aliphatic rings. The number of urea groups is 1. The normalized spacial score (nSPS) is 18.0. The van der Waals surface area contributed by atoms with Gasteiger partial charge in [-0.1, -0.05) is 27.7 Å². The van der Waals surface area contributed by atoms with Gasteiger partial charge in [-0.25, -0.2) is 4.79 Å². The Balaban J connectivity index is 2.43. The van der Waals surface area contributed by atoms with E-state index in [0.717, 1.165) is 37.4 Å². The Bertz CT molecular complexity index is 633. The van der Waals surface area contributed by atoms with E-state index in [4.69, 9.17) is 9.47 Å². The topological polar surface area (TPSA) is 62.8 Å². The number of amides is 2. The summed E-state index contributed by atoms with van der Waals surface area (Å²) in [4.78, 5) is 14.8. The van der Waals surface area contributed by atoms with Crippen molar-refractivity contribution in [2.45, 2.75) is 52.6 Å². The van der Waals surface area contributed by atoms with Crippen LogP contribution >= 0.6 is 0 Å². The number of carbonyl (C=O) groups excluding carboxylic acids is 1. The molecule has 152 valence electrons. The van der Waals surface area contributed by atoms with E-state index in [1.54, 1.807) is 14.2 Å². The molecule has 0 spiro atoms. The van der Waals surface area contributed by atoms with E-state index in [9.17, 15) is 4.79 Å². The Morgan fingerprint density at radius 1 is 1.22 bits per heavy atom. The maximum atomic E-state index is 12.4. The third kappa shape index (κ3) is 4.86. The smallest absolute Gasteiger partial charge is 0.315 e. The van der Waals surface area contributed by atoms with Gasteiger partial charge in [-0.05, 0) is 48.6 Å². The van der Waals surface area contributed by atoms with Gasteiger partial charge in [0.1, 0.15) is 0 Å². The molecule has 2 atom stereocenters. The molecule has 1 aromatic carbocycles. The average Bonchev–Trinajstić information content (AvgIpc) is 2.68. The van der Waals surface area contributed by atoms with Crippen LogP contribution in [0.25, 0.3) is 0 Å². The van der Waals surface area contributed by atoms with Crippen LogP contribution in [-0.2, 0) is 6.42 Å². The molecule has 0 unspecified atom stereocenters. The lowest BCUT2D eigenvalue weighted by molar-refractivity contribution is 0.132. The van der Waals surface area contributed by atoms with Crippen molar-refractivity contribution in [2.75, 3.05) is 33.9 Å². The Morgan fingerprint density at radius 2 is 1.89 bits per heavy atom. The third-order valence-electron chi connectivity index (χ3n) is 5.32. The molecule has 6 heteroatoms. The van der Waals surface area contributed by atoms with Crippen LogP contribution in [0, 0.1) is 5.92 Å². The minimum atomic E-state index is -0.0980. The summed E-state index contributed by atoms with van der Waals surface area (Å²) in [7, 11) is 3.33. The first-order chi connectivity index (χ1) is 13.0. The van der Waals surface area contributed by atoms with Crippen molar-refractivity contribution >= 4 is 6.03 Å². The molecule has 0 fully saturated rings. The molecule has 2 N–H and O–H groups in total. The molecule has 0 radical (unpaired) electrons. The molecule has 6 nitrogen and oxygen atoms in total. The van der Waals surface area contributed by atoms with Crippen LogP contribution in [0.2, 0.25) is 0 Å². The fraction of sp³-hybridized carbons (Fsp3) is 0.667. The second-order valence-electron chi connectivity index (χ2n) is 7.40. The Labute approximate surface area is 163 Å². The highest BCUT2D eigenvalue weighted by molar-refractivity contribution is 5.74. The predicted molar refractivity (Wildman–Crippen MR) is 109 cm³/mol. The highest BCUT2D eigenvalue weighted by Crippen LogP contribution is 2.40. The van der Waals surface area contributed by atoms with Crippen molar-refractivity contribution in [3.8, 4) is 11.5 Å². The number of ether oxygens (including phenoxy) is 2. The number of carbonyl (C=O) groups is 1. The first-order valence-electron chi connectivity index (χ1n) is 9.99. The first-order valence-corrected chi connectivity index (χ1v) is 9.99. The summed E-state index contributed by atoms with van der Waals surface area (Å²) in [6.07, 6.45) is 1.89. The number of rotatable bonds is 8. The van der Waals surface area contributed by atoms with E-state index in [2.05, 4.69) is 55.4 Å². The summed E-state index contributed by atoms with van der Waals surface area (Å²) >= 11 is 0. The standard InChI is InChI=1S/C21H35N3O3/c1-7-10-22-21(25)23-19(14(3)4)20-16-13-18(27-6)17(26-5)12-15(16)9-11-24(20)8-2/h12-14,19-20H,7-11H2,1-6H3,(H2,22,23,25)/t19-,20+/m0/s1. The molecule has 0 aromatic heterocycles. The highest BCUT2D eigenvalue weighted by atomic mass is 16.5. The Kier molecular flexibility index (Phi) is 7.78. The molecule has 2 amide bonds. The van der Waals surface area contributed by atoms with E-state index < -0.39 is 0 Å². The minimum Gasteiger partial charge on any atom is -0.493 e. The van der Waals surface area contributed by atoms with Gasteiger partial charge >= 0.3 is 6.03 Å². The molecule has 0 aliphatic carbocycles. The van der Waals surface area contributed by atoms with Crippen LogP contribution in [0.5, 0.6) is 11.5 Å². The summed E-state index contributed by atoms with van der Waals surface area (Å²) in [6.45, 7) is 11.1. The number of benzene rings is 1. The quantitative estimate of drug-likeness (QED) is 0.729. The third-order valence-corrected chi connectivity index (χ3v) is 5.32. The van der Waals surface area contributed by atoms with Crippen molar-refractivity contribution in [2.24, 2.45) is 5.92 Å². The van der Waals surface area contributed by atoms with Gasteiger partial charge in [-0.2, -0.15) is 0 Å². The van der Waals surface area contributed by atoms with Crippen LogP contribution in [0.3, 0.4) is 0 Å². The zero-order valence-electron chi connectivity index (χ0n) is 17.6. The number of nitrogens with one attached hydrogen (secondary N) is 2. The molecular weight excluding hydrogens is 342 g/mol. The number of hydrogen-bond acceptors (Lipinski definition) is 4. The van der Waals surface area contributed by atoms with Gasteiger partial charge in [-0.3, -0.25) is 4.90 Å². The van der Waals surface area contributed by atoms with E-state index >= 15 is 0 Å². The first kappa shape index (κ1) is 21.4. The Morgan fingerprint density at radius 3 is 2.44 bits per heavy atom. The van der Waals surface area contributed by atoms with Crippen LogP contribution in [0.15, 0.2) is 12.1 Å². The number of methoxy groups -OCH3 is 2.